The second-order valence-electron chi connectivity index (χ2n) is 4.34. The van der Waals surface area contributed by atoms with Gasteiger partial charge in [-0.25, -0.2) is 4.39 Å². The van der Waals surface area contributed by atoms with E-state index in [0.717, 1.165) is 0 Å². The molecule has 0 aliphatic heterocycles. The van der Waals surface area contributed by atoms with E-state index in [-0.39, 0.29) is 18.5 Å². The summed E-state index contributed by atoms with van der Waals surface area (Å²) in [5.74, 6) is -2.10. The van der Waals surface area contributed by atoms with Crippen molar-refractivity contribution in [3.63, 3.8) is 0 Å². The smallest absolute Gasteiger partial charge is 0.324 e. The van der Waals surface area contributed by atoms with E-state index in [1.54, 1.807) is 0 Å². The highest BCUT2D eigenvalue weighted by Crippen LogP contribution is 2.41. The van der Waals surface area contributed by atoms with Crippen LogP contribution in [0, 0.1) is 5.82 Å². The van der Waals surface area contributed by atoms with Gasteiger partial charge in [-0.3, -0.25) is 0 Å². The van der Waals surface area contributed by atoms with Crippen molar-refractivity contribution in [1.82, 2.24) is 0 Å². The van der Waals surface area contributed by atoms with E-state index in [0.29, 0.717) is 0 Å². The first-order chi connectivity index (χ1) is 9.63. The van der Waals surface area contributed by atoms with Crippen molar-refractivity contribution >= 4 is 12.4 Å². The van der Waals surface area contributed by atoms with Crippen LogP contribution in [0.4, 0.5) is 43.9 Å². The molecule has 1 nitrogen and oxygen atoms in total. The summed E-state index contributed by atoms with van der Waals surface area (Å²) < 4.78 is 125. The molecule has 0 aliphatic carbocycles. The summed E-state index contributed by atoms with van der Waals surface area (Å²) in [6.07, 6.45) is -17.8. The monoisotopic (exact) mass is 379 g/mol. The zero-order chi connectivity index (χ0) is 17.5. The van der Waals surface area contributed by atoms with Crippen LogP contribution in [0.5, 0.6) is 0 Å². The molecule has 1 rings (SSSR count). The minimum Gasteiger partial charge on any atom is -0.324 e. The van der Waals surface area contributed by atoms with Gasteiger partial charge in [0, 0.05) is 11.6 Å². The van der Waals surface area contributed by atoms with Crippen LogP contribution in [-0.2, 0) is 12.4 Å². The molecule has 0 unspecified atom stereocenters. The summed E-state index contributed by atoms with van der Waals surface area (Å²) in [5.41, 5.74) is -0.913. The standard InChI is InChI=1S/C11H7F10N.ClH/c12-6-2-4(10(16,17)18)1-5(11(19,20)21)8(6)7(22)3-9(13,14)15;/h1-2,7H,3,22H2;1H/t7-;/m1./s1. The predicted molar refractivity (Wildman–Crippen MR) is 61.3 cm³/mol. The maximum Gasteiger partial charge on any atom is 0.416 e. The molecule has 0 amide bonds. The number of hydrogen-bond acceptors (Lipinski definition) is 1. The molecular formula is C11H8ClF10N. The molecule has 0 saturated heterocycles. The number of rotatable bonds is 2. The lowest BCUT2D eigenvalue weighted by Gasteiger charge is -2.21. The van der Waals surface area contributed by atoms with Crippen LogP contribution in [0.15, 0.2) is 12.1 Å². The molecule has 23 heavy (non-hydrogen) atoms. The molecule has 134 valence electrons. The predicted octanol–water partition coefficient (Wildman–Crippen LogP) is 5.24. The Morgan fingerprint density at radius 1 is 0.870 bits per heavy atom. The number of nitrogens with two attached hydrogens (primary N) is 1. The molecule has 0 spiro atoms. The molecule has 0 radical (unpaired) electrons. The SMILES string of the molecule is Cl.N[C@H](CC(F)(F)F)c1c(F)cc(C(F)(F)F)cc1C(F)(F)F. The quantitative estimate of drug-likeness (QED) is 0.699. The summed E-state index contributed by atoms with van der Waals surface area (Å²) in [6.45, 7) is 0. The van der Waals surface area contributed by atoms with Gasteiger partial charge in [0.2, 0.25) is 0 Å². The van der Waals surface area contributed by atoms with Crippen LogP contribution < -0.4 is 5.73 Å². The van der Waals surface area contributed by atoms with E-state index < -0.39 is 59.6 Å². The Hall–Kier alpha value is -1.23. The van der Waals surface area contributed by atoms with E-state index in [4.69, 9.17) is 5.73 Å². The maximum atomic E-state index is 13.5. The largest absolute Gasteiger partial charge is 0.416 e. The van der Waals surface area contributed by atoms with Gasteiger partial charge >= 0.3 is 18.5 Å². The summed E-state index contributed by atoms with van der Waals surface area (Å²) in [4.78, 5) is 0. The van der Waals surface area contributed by atoms with Crippen LogP contribution in [0.25, 0.3) is 0 Å². The van der Waals surface area contributed by atoms with Crippen molar-refractivity contribution in [3.8, 4) is 0 Å². The van der Waals surface area contributed by atoms with Gasteiger partial charge in [0.1, 0.15) is 5.82 Å². The van der Waals surface area contributed by atoms with E-state index in [1.807, 2.05) is 0 Å². The molecule has 2 N–H and O–H groups in total. The molecule has 0 fully saturated rings. The lowest BCUT2D eigenvalue weighted by atomic mass is 9.95. The fourth-order valence-electron chi connectivity index (χ4n) is 1.74. The lowest BCUT2D eigenvalue weighted by molar-refractivity contribution is -0.147. The van der Waals surface area contributed by atoms with Gasteiger partial charge in [0.15, 0.2) is 0 Å². The third-order valence-corrected chi connectivity index (χ3v) is 2.58. The van der Waals surface area contributed by atoms with Crippen molar-refractivity contribution in [1.29, 1.82) is 0 Å². The number of halogens is 11. The summed E-state index contributed by atoms with van der Waals surface area (Å²) in [7, 11) is 0. The molecule has 0 bridgehead atoms. The third-order valence-electron chi connectivity index (χ3n) is 2.58. The topological polar surface area (TPSA) is 26.0 Å². The Balaban J connectivity index is 0.00000484. The maximum absolute atomic E-state index is 13.5. The zero-order valence-electron chi connectivity index (χ0n) is 10.7. The molecule has 1 aromatic carbocycles. The van der Waals surface area contributed by atoms with Gasteiger partial charge in [-0.05, 0) is 12.1 Å². The third kappa shape index (κ3) is 5.72. The van der Waals surface area contributed by atoms with Gasteiger partial charge in [-0.15, -0.1) is 12.4 Å². The zero-order valence-corrected chi connectivity index (χ0v) is 11.5. The van der Waals surface area contributed by atoms with Gasteiger partial charge in [-0.2, -0.15) is 39.5 Å². The second kappa shape index (κ2) is 6.71. The summed E-state index contributed by atoms with van der Waals surface area (Å²) in [5, 5.41) is 0. The number of hydrogen-bond donors (Lipinski definition) is 1. The molecule has 0 heterocycles. The molecule has 1 aromatic rings. The molecule has 0 aliphatic rings. The fraction of sp³-hybridized carbons (Fsp3) is 0.455. The number of alkyl halides is 9. The van der Waals surface area contributed by atoms with Crippen LogP contribution in [0.2, 0.25) is 0 Å². The highest BCUT2D eigenvalue weighted by Gasteiger charge is 2.42. The molecule has 1 atom stereocenters. The van der Waals surface area contributed by atoms with Crippen molar-refractivity contribution in [3.05, 3.63) is 34.6 Å². The Morgan fingerprint density at radius 2 is 1.35 bits per heavy atom. The van der Waals surface area contributed by atoms with Crippen molar-refractivity contribution in [2.45, 2.75) is 31.0 Å². The Labute approximate surface area is 128 Å². The lowest BCUT2D eigenvalue weighted by Crippen LogP contribution is -2.25. The Morgan fingerprint density at radius 3 is 1.70 bits per heavy atom. The van der Waals surface area contributed by atoms with Crippen LogP contribution in [0.1, 0.15) is 29.2 Å². The Kier molecular flexibility index (Phi) is 6.36. The first kappa shape index (κ1) is 21.8. The first-order valence-electron chi connectivity index (χ1n) is 5.43. The molecule has 0 aromatic heterocycles. The van der Waals surface area contributed by atoms with Crippen LogP contribution in [-0.4, -0.2) is 6.18 Å². The van der Waals surface area contributed by atoms with E-state index in [2.05, 4.69) is 0 Å². The normalized spacial score (nSPS) is 14.4. The fourth-order valence-corrected chi connectivity index (χ4v) is 1.74. The molecular weight excluding hydrogens is 372 g/mol. The average Bonchev–Trinajstić information content (AvgIpc) is 2.22. The van der Waals surface area contributed by atoms with Gasteiger partial charge < -0.3 is 5.73 Å². The highest BCUT2D eigenvalue weighted by atomic mass is 35.5. The van der Waals surface area contributed by atoms with Crippen LogP contribution >= 0.6 is 12.4 Å². The van der Waals surface area contributed by atoms with Crippen LogP contribution in [0.3, 0.4) is 0 Å². The van der Waals surface area contributed by atoms with Crippen molar-refractivity contribution in [2.75, 3.05) is 0 Å². The summed E-state index contributed by atoms with van der Waals surface area (Å²) >= 11 is 0. The van der Waals surface area contributed by atoms with E-state index >= 15 is 0 Å². The molecule has 0 saturated carbocycles. The van der Waals surface area contributed by atoms with E-state index in [9.17, 15) is 43.9 Å². The van der Waals surface area contributed by atoms with Crippen molar-refractivity contribution < 1.29 is 43.9 Å². The highest BCUT2D eigenvalue weighted by molar-refractivity contribution is 5.85. The summed E-state index contributed by atoms with van der Waals surface area (Å²) in [6, 6.07) is -3.27. The number of benzene rings is 1. The minimum absolute atomic E-state index is 0. The van der Waals surface area contributed by atoms with Gasteiger partial charge in [0.25, 0.3) is 0 Å². The van der Waals surface area contributed by atoms with Gasteiger partial charge in [-0.1, -0.05) is 0 Å². The van der Waals surface area contributed by atoms with Crippen molar-refractivity contribution in [2.24, 2.45) is 5.73 Å². The van der Waals surface area contributed by atoms with E-state index in [1.165, 1.54) is 0 Å². The minimum atomic E-state index is -5.50. The second-order valence-corrected chi connectivity index (χ2v) is 4.34. The molecule has 12 heteroatoms. The first-order valence-corrected chi connectivity index (χ1v) is 5.43. The average molecular weight is 380 g/mol. The Bertz CT molecular complexity index is 545. The van der Waals surface area contributed by atoms with Gasteiger partial charge in [0.05, 0.1) is 17.5 Å².